The number of imidazole rings is 1. The summed E-state index contributed by atoms with van der Waals surface area (Å²) < 4.78 is 0. The number of aromatic amines is 1. The lowest BCUT2D eigenvalue weighted by Crippen LogP contribution is -2.53. The van der Waals surface area contributed by atoms with Crippen molar-refractivity contribution in [2.45, 2.75) is 18.4 Å². The average molecular weight is 425 g/mol. The first-order valence-corrected chi connectivity index (χ1v) is 10.4. The molecule has 3 aromatic rings. The number of H-pyrrole nitrogens is 1. The van der Waals surface area contributed by atoms with Crippen LogP contribution in [0.3, 0.4) is 0 Å². The summed E-state index contributed by atoms with van der Waals surface area (Å²) in [6.07, 6.45) is 2.71. The molecule has 154 valence electrons. The highest BCUT2D eigenvalue weighted by atomic mass is 35.5. The van der Waals surface area contributed by atoms with E-state index in [1.807, 2.05) is 24.3 Å². The Balaban J connectivity index is 1.32. The summed E-state index contributed by atoms with van der Waals surface area (Å²) in [5.41, 5.74) is 2.94. The Hall–Kier alpha value is -2.90. The normalized spacial score (nSPS) is 17.9. The number of benzene rings is 2. The Morgan fingerprint density at radius 1 is 1.07 bits per heavy atom. The highest BCUT2D eigenvalue weighted by Gasteiger charge is 2.50. The summed E-state index contributed by atoms with van der Waals surface area (Å²) in [6.45, 7) is 1.69. The summed E-state index contributed by atoms with van der Waals surface area (Å²) in [6, 6.07) is 11.3. The minimum Gasteiger partial charge on any atom is -0.380 e. The Morgan fingerprint density at radius 2 is 1.80 bits per heavy atom. The van der Waals surface area contributed by atoms with Crippen molar-refractivity contribution >= 4 is 34.4 Å². The van der Waals surface area contributed by atoms with Gasteiger partial charge < -0.3 is 19.9 Å². The number of halogens is 1. The number of para-hydroxylation sites is 1. The number of nitrogens with zero attached hydrogens (tertiary/aromatic N) is 3. The molecule has 0 bridgehead atoms. The molecule has 0 spiro atoms. The van der Waals surface area contributed by atoms with Crippen molar-refractivity contribution in [2.24, 2.45) is 0 Å². The molecule has 2 aromatic carbocycles. The third-order valence-corrected chi connectivity index (χ3v) is 6.25. The maximum Gasteiger partial charge on any atom is 0.255 e. The van der Waals surface area contributed by atoms with E-state index in [9.17, 15) is 14.7 Å². The van der Waals surface area contributed by atoms with E-state index in [1.54, 1.807) is 28.3 Å². The lowest BCUT2D eigenvalue weighted by Gasteiger charge is -2.36. The fraction of sp³-hybridized carbons (Fsp3) is 0.318. The molecular formula is C22H21ClN4O3. The van der Waals surface area contributed by atoms with E-state index in [4.69, 9.17) is 11.6 Å². The standard InChI is InChI=1S/C22H21ClN4O3/c23-17-12-14(15-2-1-3-18-19(15)25-13-24-18)4-5-16(17)20(28)26-8-10-27(11-9-26)21(29)22(30)6-7-22/h1-5,12-13,30H,6-11H2,(H,24,25). The van der Waals surface area contributed by atoms with Crippen molar-refractivity contribution in [3.8, 4) is 11.1 Å². The summed E-state index contributed by atoms with van der Waals surface area (Å²) in [7, 11) is 0. The number of rotatable bonds is 3. The van der Waals surface area contributed by atoms with Gasteiger partial charge in [0.15, 0.2) is 0 Å². The van der Waals surface area contributed by atoms with Crippen molar-refractivity contribution in [3.05, 3.63) is 53.3 Å². The van der Waals surface area contributed by atoms with Gasteiger partial charge >= 0.3 is 0 Å². The molecule has 0 atom stereocenters. The molecule has 2 aliphatic rings. The van der Waals surface area contributed by atoms with Gasteiger partial charge in [0.05, 0.1) is 27.9 Å². The Morgan fingerprint density at radius 3 is 2.50 bits per heavy atom. The summed E-state index contributed by atoms with van der Waals surface area (Å²) in [5.74, 6) is -0.367. The monoisotopic (exact) mass is 424 g/mol. The van der Waals surface area contributed by atoms with Gasteiger partial charge in [0.1, 0.15) is 5.60 Å². The first-order chi connectivity index (χ1) is 14.5. The van der Waals surface area contributed by atoms with Gasteiger partial charge in [-0.15, -0.1) is 0 Å². The molecule has 5 rings (SSSR count). The van der Waals surface area contributed by atoms with E-state index in [2.05, 4.69) is 9.97 Å². The van der Waals surface area contributed by atoms with E-state index in [-0.39, 0.29) is 11.8 Å². The number of hydrogen-bond acceptors (Lipinski definition) is 4. The van der Waals surface area contributed by atoms with Crippen molar-refractivity contribution in [1.29, 1.82) is 0 Å². The molecule has 2 heterocycles. The molecule has 2 amide bonds. The van der Waals surface area contributed by atoms with Gasteiger partial charge in [-0.25, -0.2) is 4.98 Å². The molecule has 2 fully saturated rings. The molecule has 1 aliphatic carbocycles. The Kier molecular flexibility index (Phi) is 4.52. The quantitative estimate of drug-likeness (QED) is 0.676. The molecule has 7 nitrogen and oxygen atoms in total. The summed E-state index contributed by atoms with van der Waals surface area (Å²) in [4.78, 5) is 36.0. The Bertz CT molecular complexity index is 1150. The van der Waals surface area contributed by atoms with Gasteiger partial charge in [0, 0.05) is 31.7 Å². The van der Waals surface area contributed by atoms with Crippen LogP contribution >= 0.6 is 11.6 Å². The van der Waals surface area contributed by atoms with Crippen LogP contribution in [0.15, 0.2) is 42.7 Å². The maximum atomic E-state index is 13.0. The third-order valence-electron chi connectivity index (χ3n) is 5.94. The van der Waals surface area contributed by atoms with Crippen LogP contribution in [0.1, 0.15) is 23.2 Å². The topological polar surface area (TPSA) is 89.5 Å². The fourth-order valence-electron chi connectivity index (χ4n) is 3.97. The molecule has 1 saturated heterocycles. The summed E-state index contributed by atoms with van der Waals surface area (Å²) >= 11 is 6.49. The van der Waals surface area contributed by atoms with Crippen molar-refractivity contribution in [2.75, 3.05) is 26.2 Å². The number of amides is 2. The first-order valence-electron chi connectivity index (χ1n) is 9.99. The van der Waals surface area contributed by atoms with Crippen LogP contribution in [0.4, 0.5) is 0 Å². The van der Waals surface area contributed by atoms with Gasteiger partial charge in [-0.3, -0.25) is 9.59 Å². The zero-order valence-electron chi connectivity index (χ0n) is 16.3. The molecule has 2 N–H and O–H groups in total. The van der Waals surface area contributed by atoms with Crippen LogP contribution in [0, 0.1) is 0 Å². The van der Waals surface area contributed by atoms with Gasteiger partial charge in [-0.1, -0.05) is 29.8 Å². The zero-order valence-corrected chi connectivity index (χ0v) is 17.0. The number of carbonyl (C=O) groups excluding carboxylic acids is 2. The highest BCUT2D eigenvalue weighted by molar-refractivity contribution is 6.34. The number of carbonyl (C=O) groups is 2. The average Bonchev–Trinajstić information content (AvgIpc) is 3.33. The SMILES string of the molecule is O=C(c1ccc(-c2cccc3nc[nH]c23)cc1Cl)N1CCN(C(=O)C2(O)CC2)CC1. The van der Waals surface area contributed by atoms with Crippen LogP contribution in [0.5, 0.6) is 0 Å². The van der Waals surface area contributed by atoms with Crippen LogP contribution in [0.2, 0.25) is 5.02 Å². The molecule has 1 aromatic heterocycles. The van der Waals surface area contributed by atoms with Gasteiger partial charge in [-0.05, 0) is 36.6 Å². The zero-order chi connectivity index (χ0) is 20.9. The molecule has 8 heteroatoms. The van der Waals surface area contributed by atoms with Crippen LogP contribution in [0.25, 0.3) is 22.2 Å². The first kappa shape index (κ1) is 19.1. The van der Waals surface area contributed by atoms with Crippen molar-refractivity contribution in [1.82, 2.24) is 19.8 Å². The molecule has 0 radical (unpaired) electrons. The second kappa shape index (κ2) is 7.11. The van der Waals surface area contributed by atoms with Gasteiger partial charge in [-0.2, -0.15) is 0 Å². The number of aromatic nitrogens is 2. The number of piperazine rings is 1. The van der Waals surface area contributed by atoms with Crippen molar-refractivity contribution in [3.63, 3.8) is 0 Å². The number of hydrogen-bond donors (Lipinski definition) is 2. The van der Waals surface area contributed by atoms with Crippen LogP contribution < -0.4 is 0 Å². The molecule has 1 saturated carbocycles. The molecule has 0 unspecified atom stereocenters. The minimum atomic E-state index is -1.16. The number of fused-ring (bicyclic) bond motifs is 1. The van der Waals surface area contributed by atoms with E-state index >= 15 is 0 Å². The number of aliphatic hydroxyl groups is 1. The van der Waals surface area contributed by atoms with E-state index in [0.717, 1.165) is 22.2 Å². The van der Waals surface area contributed by atoms with Crippen molar-refractivity contribution < 1.29 is 14.7 Å². The Labute approximate surface area is 178 Å². The third kappa shape index (κ3) is 3.24. The lowest BCUT2D eigenvalue weighted by molar-refractivity contribution is -0.143. The largest absolute Gasteiger partial charge is 0.380 e. The summed E-state index contributed by atoms with van der Waals surface area (Å²) in [5, 5.41) is 10.4. The number of nitrogens with one attached hydrogen (secondary N) is 1. The maximum absolute atomic E-state index is 13.0. The lowest BCUT2D eigenvalue weighted by atomic mass is 10.0. The van der Waals surface area contributed by atoms with Crippen LogP contribution in [-0.2, 0) is 4.79 Å². The molecule has 30 heavy (non-hydrogen) atoms. The second-order valence-corrected chi connectivity index (χ2v) is 8.32. The smallest absolute Gasteiger partial charge is 0.255 e. The van der Waals surface area contributed by atoms with Crippen LogP contribution in [-0.4, -0.2) is 68.5 Å². The predicted octanol–water partition coefficient (Wildman–Crippen LogP) is 2.69. The predicted molar refractivity (Wildman–Crippen MR) is 113 cm³/mol. The minimum absolute atomic E-state index is 0.150. The molecular weight excluding hydrogens is 404 g/mol. The van der Waals surface area contributed by atoms with E-state index < -0.39 is 5.60 Å². The second-order valence-electron chi connectivity index (χ2n) is 7.91. The van der Waals surface area contributed by atoms with Gasteiger partial charge in [0.2, 0.25) is 0 Å². The highest BCUT2D eigenvalue weighted by Crippen LogP contribution is 2.37. The van der Waals surface area contributed by atoms with E-state index in [1.165, 1.54) is 0 Å². The fourth-order valence-corrected chi connectivity index (χ4v) is 4.23. The molecule has 1 aliphatic heterocycles. The van der Waals surface area contributed by atoms with Gasteiger partial charge in [0.25, 0.3) is 11.8 Å². The van der Waals surface area contributed by atoms with E-state index in [0.29, 0.717) is 49.6 Å².